The third-order valence-electron chi connectivity index (χ3n) is 3.76. The van der Waals surface area contributed by atoms with E-state index in [-0.39, 0.29) is 12.4 Å². The Morgan fingerprint density at radius 2 is 1.90 bits per heavy atom. The third-order valence-corrected chi connectivity index (χ3v) is 3.76. The van der Waals surface area contributed by atoms with E-state index in [9.17, 15) is 9.50 Å². The van der Waals surface area contributed by atoms with Gasteiger partial charge in [0.1, 0.15) is 5.82 Å². The van der Waals surface area contributed by atoms with Crippen LogP contribution >= 0.6 is 0 Å². The van der Waals surface area contributed by atoms with Crippen molar-refractivity contribution in [3.8, 4) is 0 Å². The largest absolute Gasteiger partial charge is 0.394 e. The zero-order chi connectivity index (χ0) is 15.0. The first-order valence-corrected chi connectivity index (χ1v) is 7.36. The second-order valence-electron chi connectivity index (χ2n) is 5.44. The molecule has 1 rings (SSSR count). The lowest BCUT2D eigenvalue weighted by atomic mass is 9.93. The van der Waals surface area contributed by atoms with Crippen LogP contribution in [0.3, 0.4) is 0 Å². The maximum absolute atomic E-state index is 13.7. The molecule has 1 atom stereocenters. The fourth-order valence-electron chi connectivity index (χ4n) is 2.29. The van der Waals surface area contributed by atoms with Gasteiger partial charge in [0.15, 0.2) is 0 Å². The molecular formula is C16H27FN2O. The Bertz CT molecular complexity index is 396. The second-order valence-corrected chi connectivity index (χ2v) is 5.44. The normalized spacial score (nSPS) is 14.5. The van der Waals surface area contributed by atoms with Crippen LogP contribution in [-0.2, 0) is 6.42 Å². The van der Waals surface area contributed by atoms with E-state index in [1.165, 1.54) is 6.07 Å². The van der Waals surface area contributed by atoms with E-state index in [0.717, 1.165) is 26.2 Å². The quantitative estimate of drug-likeness (QED) is 0.727. The zero-order valence-corrected chi connectivity index (χ0v) is 12.8. The fourth-order valence-corrected chi connectivity index (χ4v) is 2.29. The average Bonchev–Trinajstić information content (AvgIpc) is 2.46. The minimum absolute atomic E-state index is 0.0143. The average molecular weight is 282 g/mol. The molecule has 0 aliphatic rings. The van der Waals surface area contributed by atoms with Crippen molar-refractivity contribution in [3.63, 3.8) is 0 Å². The molecule has 0 aromatic heterocycles. The summed E-state index contributed by atoms with van der Waals surface area (Å²) in [6.07, 6.45) is 0.481. The first-order valence-electron chi connectivity index (χ1n) is 7.36. The highest BCUT2D eigenvalue weighted by Gasteiger charge is 2.24. The van der Waals surface area contributed by atoms with E-state index in [1.54, 1.807) is 12.1 Å². The molecule has 2 N–H and O–H groups in total. The van der Waals surface area contributed by atoms with Crippen molar-refractivity contribution in [2.45, 2.75) is 32.7 Å². The first kappa shape index (κ1) is 17.1. The summed E-state index contributed by atoms with van der Waals surface area (Å²) in [4.78, 5) is 2.31. The number of hydrogen-bond acceptors (Lipinski definition) is 3. The highest BCUT2D eigenvalue weighted by Crippen LogP contribution is 2.15. The van der Waals surface area contributed by atoms with E-state index in [0.29, 0.717) is 12.0 Å². The molecule has 20 heavy (non-hydrogen) atoms. The molecule has 0 heterocycles. The number of likely N-dealkylation sites (N-methyl/N-ethyl adjacent to an activating group) is 1. The van der Waals surface area contributed by atoms with Crippen LogP contribution in [0, 0.1) is 5.82 Å². The van der Waals surface area contributed by atoms with Gasteiger partial charge in [0.05, 0.1) is 6.61 Å². The molecule has 0 saturated heterocycles. The predicted molar refractivity (Wildman–Crippen MR) is 81.4 cm³/mol. The topological polar surface area (TPSA) is 35.5 Å². The molecule has 0 spiro atoms. The molecule has 4 heteroatoms. The summed E-state index contributed by atoms with van der Waals surface area (Å²) >= 11 is 0. The summed E-state index contributed by atoms with van der Waals surface area (Å²) in [6.45, 7) is 9.93. The lowest BCUT2D eigenvalue weighted by molar-refractivity contribution is 0.166. The first-order chi connectivity index (χ1) is 9.54. The Kier molecular flexibility index (Phi) is 7.13. The number of halogens is 1. The van der Waals surface area contributed by atoms with E-state index in [4.69, 9.17) is 0 Å². The smallest absolute Gasteiger partial charge is 0.126 e. The minimum atomic E-state index is -0.491. The van der Waals surface area contributed by atoms with Gasteiger partial charge in [0.2, 0.25) is 0 Å². The van der Waals surface area contributed by atoms with Crippen molar-refractivity contribution in [1.29, 1.82) is 0 Å². The summed E-state index contributed by atoms with van der Waals surface area (Å²) in [5.74, 6) is -0.210. The van der Waals surface area contributed by atoms with E-state index < -0.39 is 5.54 Å². The number of nitrogens with zero attached hydrogens (tertiary/aromatic N) is 1. The number of rotatable bonds is 9. The maximum atomic E-state index is 13.7. The van der Waals surface area contributed by atoms with Crippen LogP contribution in [0.5, 0.6) is 0 Å². The predicted octanol–water partition coefficient (Wildman–Crippen LogP) is 2.05. The molecule has 1 aromatic rings. The van der Waals surface area contributed by atoms with Gasteiger partial charge in [-0.05, 0) is 38.1 Å². The Morgan fingerprint density at radius 1 is 1.25 bits per heavy atom. The molecule has 1 unspecified atom stereocenters. The Labute approximate surface area is 121 Å². The van der Waals surface area contributed by atoms with Crippen LogP contribution in [0.15, 0.2) is 24.3 Å². The number of nitrogens with one attached hydrogen (secondary N) is 1. The number of benzene rings is 1. The highest BCUT2D eigenvalue weighted by molar-refractivity contribution is 5.20. The van der Waals surface area contributed by atoms with Crippen molar-refractivity contribution in [1.82, 2.24) is 10.2 Å². The van der Waals surface area contributed by atoms with Gasteiger partial charge in [-0.15, -0.1) is 0 Å². The van der Waals surface area contributed by atoms with Gasteiger partial charge in [-0.25, -0.2) is 4.39 Å². The molecule has 0 saturated carbocycles. The molecular weight excluding hydrogens is 255 g/mol. The lowest BCUT2D eigenvalue weighted by Crippen LogP contribution is -2.50. The van der Waals surface area contributed by atoms with Crippen molar-refractivity contribution in [2.75, 3.05) is 32.8 Å². The Morgan fingerprint density at radius 3 is 2.45 bits per heavy atom. The molecule has 0 aliphatic carbocycles. The van der Waals surface area contributed by atoms with Gasteiger partial charge >= 0.3 is 0 Å². The number of aliphatic hydroxyl groups is 1. The van der Waals surface area contributed by atoms with Crippen molar-refractivity contribution in [3.05, 3.63) is 35.6 Å². The molecule has 0 amide bonds. The molecule has 3 nitrogen and oxygen atoms in total. The van der Waals surface area contributed by atoms with Crippen LogP contribution in [-0.4, -0.2) is 48.3 Å². The summed E-state index contributed by atoms with van der Waals surface area (Å²) in [5, 5.41) is 13.0. The van der Waals surface area contributed by atoms with Crippen molar-refractivity contribution in [2.24, 2.45) is 0 Å². The molecule has 1 aromatic carbocycles. The lowest BCUT2D eigenvalue weighted by Gasteiger charge is -2.30. The maximum Gasteiger partial charge on any atom is 0.126 e. The molecule has 114 valence electrons. The summed E-state index contributed by atoms with van der Waals surface area (Å²) < 4.78 is 13.7. The summed E-state index contributed by atoms with van der Waals surface area (Å²) in [6, 6.07) is 6.74. The van der Waals surface area contributed by atoms with Gasteiger partial charge in [-0.1, -0.05) is 32.0 Å². The zero-order valence-electron chi connectivity index (χ0n) is 12.8. The van der Waals surface area contributed by atoms with Gasteiger partial charge in [-0.3, -0.25) is 0 Å². The standard InChI is InChI=1S/C16H27FN2O/c1-4-19(5-2)11-10-18-16(3,13-20)12-14-8-6-7-9-15(14)17/h6-9,18,20H,4-5,10-13H2,1-3H3. The van der Waals surface area contributed by atoms with Crippen LogP contribution in [0.4, 0.5) is 4.39 Å². The summed E-state index contributed by atoms with van der Waals surface area (Å²) in [7, 11) is 0. The van der Waals surface area contributed by atoms with E-state index >= 15 is 0 Å². The van der Waals surface area contributed by atoms with Gasteiger partial charge < -0.3 is 15.3 Å². The SMILES string of the molecule is CCN(CC)CCNC(C)(CO)Cc1ccccc1F. The Balaban J connectivity index is 2.56. The van der Waals surface area contributed by atoms with Crippen LogP contribution < -0.4 is 5.32 Å². The monoisotopic (exact) mass is 282 g/mol. The minimum Gasteiger partial charge on any atom is -0.394 e. The van der Waals surface area contributed by atoms with Gasteiger partial charge in [0, 0.05) is 18.6 Å². The fraction of sp³-hybridized carbons (Fsp3) is 0.625. The van der Waals surface area contributed by atoms with E-state index in [2.05, 4.69) is 24.1 Å². The van der Waals surface area contributed by atoms with Crippen molar-refractivity contribution < 1.29 is 9.50 Å². The summed E-state index contributed by atoms with van der Waals surface area (Å²) in [5.41, 5.74) is 0.148. The Hall–Kier alpha value is -0.970. The number of hydrogen-bond donors (Lipinski definition) is 2. The van der Waals surface area contributed by atoms with Crippen LogP contribution in [0.25, 0.3) is 0 Å². The number of aliphatic hydroxyl groups excluding tert-OH is 1. The van der Waals surface area contributed by atoms with Crippen LogP contribution in [0.1, 0.15) is 26.3 Å². The van der Waals surface area contributed by atoms with Gasteiger partial charge in [0.25, 0.3) is 0 Å². The molecule has 0 radical (unpaired) electrons. The van der Waals surface area contributed by atoms with E-state index in [1.807, 2.05) is 13.0 Å². The molecule has 0 aliphatic heterocycles. The van der Waals surface area contributed by atoms with Crippen molar-refractivity contribution >= 4 is 0 Å². The second kappa shape index (κ2) is 8.35. The third kappa shape index (κ3) is 5.19. The highest BCUT2D eigenvalue weighted by atomic mass is 19.1. The molecule has 0 bridgehead atoms. The van der Waals surface area contributed by atoms with Gasteiger partial charge in [-0.2, -0.15) is 0 Å². The van der Waals surface area contributed by atoms with Crippen LogP contribution in [0.2, 0.25) is 0 Å². The molecule has 0 fully saturated rings.